The molecule has 3 nitrogen and oxygen atoms in total. The van der Waals surface area contributed by atoms with Gasteiger partial charge in [-0.2, -0.15) is 0 Å². The molecular formula is C10H8F2O3S. The first kappa shape index (κ1) is 11.2. The van der Waals surface area contributed by atoms with E-state index < -0.39 is 49.4 Å². The molecule has 0 N–H and O–H groups in total. The lowest BCUT2D eigenvalue weighted by Gasteiger charge is -2.21. The second-order valence-electron chi connectivity index (χ2n) is 3.78. The highest BCUT2D eigenvalue weighted by Crippen LogP contribution is 2.31. The molecule has 0 aliphatic carbocycles. The molecule has 16 heavy (non-hydrogen) atoms. The Bertz CT molecular complexity index is 578. The molecule has 1 aromatic rings. The molecule has 0 amide bonds. The van der Waals surface area contributed by atoms with Crippen LogP contribution in [0.1, 0.15) is 17.3 Å². The third kappa shape index (κ3) is 1.44. The number of benzene rings is 1. The molecule has 1 aromatic carbocycles. The average molecular weight is 246 g/mol. The number of rotatable bonds is 0. The van der Waals surface area contributed by atoms with Crippen molar-refractivity contribution >= 4 is 15.6 Å². The number of carbonyl (C=O) groups is 1. The lowest BCUT2D eigenvalue weighted by Crippen LogP contribution is -2.31. The van der Waals surface area contributed by atoms with E-state index in [2.05, 4.69) is 0 Å². The molecule has 0 fully saturated rings. The molecule has 1 unspecified atom stereocenters. The van der Waals surface area contributed by atoms with E-state index in [4.69, 9.17) is 0 Å². The number of fused-ring (bicyclic) bond motifs is 1. The number of carbonyl (C=O) groups excluding carboxylic acids is 1. The molecule has 1 atom stereocenters. The predicted molar refractivity (Wildman–Crippen MR) is 51.9 cm³/mol. The van der Waals surface area contributed by atoms with Crippen molar-refractivity contribution in [3.05, 3.63) is 29.3 Å². The Balaban J connectivity index is 2.89. The summed E-state index contributed by atoms with van der Waals surface area (Å²) in [5.41, 5.74) is -0.640. The van der Waals surface area contributed by atoms with E-state index >= 15 is 0 Å². The molecule has 0 saturated heterocycles. The Morgan fingerprint density at radius 1 is 1.25 bits per heavy atom. The van der Waals surface area contributed by atoms with E-state index in [-0.39, 0.29) is 0 Å². The van der Waals surface area contributed by atoms with Crippen molar-refractivity contribution in [2.24, 2.45) is 5.92 Å². The van der Waals surface area contributed by atoms with Crippen molar-refractivity contribution < 1.29 is 22.0 Å². The van der Waals surface area contributed by atoms with Crippen LogP contribution in [0.3, 0.4) is 0 Å². The van der Waals surface area contributed by atoms with Gasteiger partial charge >= 0.3 is 0 Å². The SMILES string of the molecule is CC1CS(=O)(=O)c2c(F)ccc(F)c2C1=O. The molecule has 1 aliphatic rings. The fraction of sp³-hybridized carbons (Fsp3) is 0.300. The summed E-state index contributed by atoms with van der Waals surface area (Å²) in [5, 5.41) is 0. The van der Waals surface area contributed by atoms with Crippen LogP contribution < -0.4 is 0 Å². The van der Waals surface area contributed by atoms with Gasteiger partial charge in [-0.1, -0.05) is 6.92 Å². The number of hydrogen-bond acceptors (Lipinski definition) is 3. The highest BCUT2D eigenvalue weighted by atomic mass is 32.2. The van der Waals surface area contributed by atoms with Crippen LogP contribution in [-0.4, -0.2) is 20.0 Å². The summed E-state index contributed by atoms with van der Waals surface area (Å²) in [6, 6.07) is 1.48. The highest BCUT2D eigenvalue weighted by Gasteiger charge is 2.38. The molecule has 1 heterocycles. The topological polar surface area (TPSA) is 51.2 Å². The van der Waals surface area contributed by atoms with Crippen LogP contribution in [0.25, 0.3) is 0 Å². The van der Waals surface area contributed by atoms with Gasteiger partial charge in [-0.25, -0.2) is 17.2 Å². The maximum atomic E-state index is 13.4. The first-order chi connectivity index (χ1) is 7.34. The van der Waals surface area contributed by atoms with Crippen LogP contribution in [0.4, 0.5) is 8.78 Å². The van der Waals surface area contributed by atoms with Gasteiger partial charge in [0.2, 0.25) is 0 Å². The van der Waals surface area contributed by atoms with Crippen LogP contribution >= 0.6 is 0 Å². The molecule has 0 saturated carbocycles. The fourth-order valence-corrected chi connectivity index (χ4v) is 3.65. The van der Waals surface area contributed by atoms with E-state index in [1.54, 1.807) is 0 Å². The van der Waals surface area contributed by atoms with Crippen molar-refractivity contribution in [3.63, 3.8) is 0 Å². The maximum absolute atomic E-state index is 13.4. The number of ketones is 1. The zero-order valence-corrected chi connectivity index (χ0v) is 9.14. The second-order valence-corrected chi connectivity index (χ2v) is 5.75. The van der Waals surface area contributed by atoms with Gasteiger partial charge in [-0.05, 0) is 12.1 Å². The summed E-state index contributed by atoms with van der Waals surface area (Å²) in [4.78, 5) is 10.8. The highest BCUT2D eigenvalue weighted by molar-refractivity contribution is 7.91. The summed E-state index contributed by atoms with van der Waals surface area (Å²) in [7, 11) is -3.91. The van der Waals surface area contributed by atoms with Crippen molar-refractivity contribution in [3.8, 4) is 0 Å². The Labute approximate surface area is 91.0 Å². The Morgan fingerprint density at radius 3 is 2.44 bits per heavy atom. The smallest absolute Gasteiger partial charge is 0.182 e. The average Bonchev–Trinajstić information content (AvgIpc) is 2.17. The summed E-state index contributed by atoms with van der Waals surface area (Å²) in [6.45, 7) is 1.38. The summed E-state index contributed by atoms with van der Waals surface area (Å²) in [6.07, 6.45) is 0. The molecule has 86 valence electrons. The molecule has 0 spiro atoms. The van der Waals surface area contributed by atoms with Gasteiger partial charge in [0, 0.05) is 5.92 Å². The number of Topliss-reactive ketones (excluding diaryl/α,β-unsaturated/α-hetero) is 1. The number of hydrogen-bond donors (Lipinski definition) is 0. The van der Waals surface area contributed by atoms with Gasteiger partial charge in [0.1, 0.15) is 16.5 Å². The van der Waals surface area contributed by atoms with Gasteiger partial charge in [-0.15, -0.1) is 0 Å². The molecular weight excluding hydrogens is 238 g/mol. The van der Waals surface area contributed by atoms with Gasteiger partial charge < -0.3 is 0 Å². The number of sulfone groups is 1. The van der Waals surface area contributed by atoms with Gasteiger partial charge in [0.05, 0.1) is 11.3 Å². The first-order valence-electron chi connectivity index (χ1n) is 4.59. The molecule has 0 bridgehead atoms. The quantitative estimate of drug-likeness (QED) is 0.698. The van der Waals surface area contributed by atoms with E-state index in [1.165, 1.54) is 6.92 Å². The van der Waals surface area contributed by atoms with Gasteiger partial charge in [0.15, 0.2) is 15.6 Å². The normalized spacial score (nSPS) is 22.9. The van der Waals surface area contributed by atoms with Crippen LogP contribution in [0, 0.1) is 17.6 Å². The maximum Gasteiger partial charge on any atom is 0.182 e. The zero-order valence-electron chi connectivity index (χ0n) is 8.33. The summed E-state index contributed by atoms with van der Waals surface area (Å²) >= 11 is 0. The molecule has 0 aromatic heterocycles. The first-order valence-corrected chi connectivity index (χ1v) is 6.25. The Morgan fingerprint density at radius 2 is 1.81 bits per heavy atom. The van der Waals surface area contributed by atoms with Crippen LogP contribution in [0.15, 0.2) is 17.0 Å². The zero-order chi connectivity index (χ0) is 12.1. The van der Waals surface area contributed by atoms with E-state index in [0.717, 1.165) is 12.1 Å². The van der Waals surface area contributed by atoms with E-state index in [0.29, 0.717) is 0 Å². The van der Waals surface area contributed by atoms with Crippen molar-refractivity contribution in [1.82, 2.24) is 0 Å². The summed E-state index contributed by atoms with van der Waals surface area (Å²) < 4.78 is 50.0. The largest absolute Gasteiger partial charge is 0.294 e. The molecule has 6 heteroatoms. The minimum atomic E-state index is -3.91. The summed E-state index contributed by atoms with van der Waals surface area (Å²) in [5.74, 6) is -4.04. The third-order valence-corrected chi connectivity index (χ3v) is 4.49. The van der Waals surface area contributed by atoms with Crippen molar-refractivity contribution in [2.45, 2.75) is 11.8 Å². The minimum Gasteiger partial charge on any atom is -0.294 e. The Kier molecular flexibility index (Phi) is 2.34. The van der Waals surface area contributed by atoms with Crippen molar-refractivity contribution in [1.29, 1.82) is 0 Å². The van der Waals surface area contributed by atoms with Gasteiger partial charge in [0.25, 0.3) is 0 Å². The van der Waals surface area contributed by atoms with Crippen LogP contribution in [0.2, 0.25) is 0 Å². The monoisotopic (exact) mass is 246 g/mol. The van der Waals surface area contributed by atoms with Crippen LogP contribution in [0.5, 0.6) is 0 Å². The fourth-order valence-electron chi connectivity index (χ4n) is 1.80. The third-order valence-electron chi connectivity index (χ3n) is 2.53. The number of halogens is 2. The predicted octanol–water partition coefficient (Wildman–Crippen LogP) is 1.57. The second kappa shape index (κ2) is 3.35. The van der Waals surface area contributed by atoms with Crippen LogP contribution in [-0.2, 0) is 9.84 Å². The van der Waals surface area contributed by atoms with Gasteiger partial charge in [-0.3, -0.25) is 4.79 Å². The minimum absolute atomic E-state index is 0.473. The van der Waals surface area contributed by atoms with E-state index in [1.807, 2.05) is 0 Å². The Hall–Kier alpha value is -1.30. The molecule has 0 radical (unpaired) electrons. The van der Waals surface area contributed by atoms with Crippen molar-refractivity contribution in [2.75, 3.05) is 5.75 Å². The standard InChI is InChI=1S/C10H8F2O3S/c1-5-4-16(14,15)10-7(12)3-2-6(11)8(10)9(5)13/h2-3,5H,4H2,1H3. The lowest BCUT2D eigenvalue weighted by atomic mass is 9.99. The van der Waals surface area contributed by atoms with E-state index in [9.17, 15) is 22.0 Å². The molecule has 2 rings (SSSR count). The molecule has 1 aliphatic heterocycles. The lowest BCUT2D eigenvalue weighted by molar-refractivity contribution is 0.0927.